The first kappa shape index (κ1) is 9.56. The molecule has 0 bridgehead atoms. The molecule has 0 atom stereocenters. The van der Waals surface area contributed by atoms with Crippen molar-refractivity contribution in [2.24, 2.45) is 5.73 Å². The molecule has 1 heterocycles. The van der Waals surface area contributed by atoms with Crippen molar-refractivity contribution in [1.29, 1.82) is 0 Å². The highest BCUT2D eigenvalue weighted by atomic mass is 35.5. The Balaban J connectivity index is 0.000000810. The van der Waals surface area contributed by atoms with Crippen LogP contribution in [-0.4, -0.2) is 24.0 Å². The van der Waals surface area contributed by atoms with Crippen LogP contribution in [0.5, 0.6) is 0 Å². The Morgan fingerprint density at radius 3 is 2.60 bits per heavy atom. The summed E-state index contributed by atoms with van der Waals surface area (Å²) in [5, 5.41) is 0. The van der Waals surface area contributed by atoms with Crippen molar-refractivity contribution in [3.05, 3.63) is 6.42 Å². The van der Waals surface area contributed by atoms with E-state index in [1.54, 1.807) is 4.90 Å². The summed E-state index contributed by atoms with van der Waals surface area (Å²) < 4.78 is 0. The molecule has 0 aliphatic carbocycles. The number of hydrogen-bond acceptors (Lipinski definition) is 1. The largest absolute Gasteiger partial charge is 0.351 e. The van der Waals surface area contributed by atoms with E-state index in [1.807, 2.05) is 0 Å². The van der Waals surface area contributed by atoms with Gasteiger partial charge < -0.3 is 10.6 Å². The van der Waals surface area contributed by atoms with Gasteiger partial charge in [0.15, 0.2) is 0 Å². The van der Waals surface area contributed by atoms with E-state index in [0.717, 1.165) is 25.9 Å². The second kappa shape index (κ2) is 4.39. The Kier molecular flexibility index (Phi) is 4.19. The SMILES string of the molecule is Cl.NC(=O)N1C[CH]CCC1. The molecule has 0 aromatic carbocycles. The van der Waals surface area contributed by atoms with Crippen molar-refractivity contribution >= 4 is 18.4 Å². The molecule has 1 radical (unpaired) electrons. The molecule has 3 nitrogen and oxygen atoms in total. The predicted molar refractivity (Wildman–Crippen MR) is 41.9 cm³/mol. The first-order valence-electron chi connectivity index (χ1n) is 3.17. The summed E-state index contributed by atoms with van der Waals surface area (Å²) in [4.78, 5) is 12.1. The average molecular weight is 164 g/mol. The number of nitrogens with zero attached hydrogens (tertiary/aromatic N) is 1. The number of carbonyl (C=O) groups is 1. The number of carbonyl (C=O) groups excluding carboxylic acids is 1. The molecule has 1 fully saturated rings. The van der Waals surface area contributed by atoms with Crippen LogP contribution in [0.4, 0.5) is 4.79 Å². The summed E-state index contributed by atoms with van der Waals surface area (Å²) >= 11 is 0. The van der Waals surface area contributed by atoms with Gasteiger partial charge in [-0.05, 0) is 19.3 Å². The van der Waals surface area contributed by atoms with E-state index in [-0.39, 0.29) is 18.4 Å². The summed E-state index contributed by atoms with van der Waals surface area (Å²) in [6, 6.07) is -0.300. The molecule has 2 amide bonds. The Bertz CT molecular complexity index is 112. The standard InChI is InChI=1S/C6H11N2O.ClH/c7-6(9)8-4-2-1-3-5-8;/h2H,1,3-5H2,(H2,7,9);1H. The molecule has 1 aliphatic rings. The summed E-state index contributed by atoms with van der Waals surface area (Å²) in [6.45, 7) is 1.56. The van der Waals surface area contributed by atoms with E-state index in [4.69, 9.17) is 5.73 Å². The fourth-order valence-electron chi connectivity index (χ4n) is 0.965. The van der Waals surface area contributed by atoms with Gasteiger partial charge in [-0.25, -0.2) is 4.79 Å². The minimum atomic E-state index is -0.300. The van der Waals surface area contributed by atoms with Gasteiger partial charge in [-0.2, -0.15) is 0 Å². The number of hydrogen-bond donors (Lipinski definition) is 1. The second-order valence-electron chi connectivity index (χ2n) is 2.22. The molecule has 0 unspecified atom stereocenters. The minimum Gasteiger partial charge on any atom is -0.351 e. The van der Waals surface area contributed by atoms with Crippen LogP contribution in [0.25, 0.3) is 0 Å². The molecular weight excluding hydrogens is 152 g/mol. The lowest BCUT2D eigenvalue weighted by molar-refractivity contribution is 0.205. The van der Waals surface area contributed by atoms with Crippen LogP contribution < -0.4 is 5.73 Å². The van der Waals surface area contributed by atoms with E-state index in [0.29, 0.717) is 0 Å². The Hall–Kier alpha value is -0.440. The van der Waals surface area contributed by atoms with E-state index in [9.17, 15) is 4.79 Å². The van der Waals surface area contributed by atoms with Crippen molar-refractivity contribution in [3.8, 4) is 0 Å². The molecule has 1 rings (SSSR count). The topological polar surface area (TPSA) is 46.3 Å². The molecule has 1 aliphatic heterocycles. The average Bonchev–Trinajstić information content (AvgIpc) is 1.90. The zero-order valence-electron chi connectivity index (χ0n) is 5.75. The first-order valence-corrected chi connectivity index (χ1v) is 3.17. The Morgan fingerprint density at radius 2 is 2.30 bits per heavy atom. The minimum absolute atomic E-state index is 0. The van der Waals surface area contributed by atoms with E-state index >= 15 is 0 Å². The quantitative estimate of drug-likeness (QED) is 0.564. The van der Waals surface area contributed by atoms with Crippen LogP contribution in [0.15, 0.2) is 0 Å². The molecule has 59 valence electrons. The van der Waals surface area contributed by atoms with Gasteiger partial charge in [-0.3, -0.25) is 0 Å². The van der Waals surface area contributed by atoms with Crippen molar-refractivity contribution in [1.82, 2.24) is 4.90 Å². The lowest BCUT2D eigenvalue weighted by atomic mass is 10.1. The Labute approximate surface area is 67.0 Å². The van der Waals surface area contributed by atoms with Crippen LogP contribution in [0.1, 0.15) is 12.8 Å². The summed E-state index contributed by atoms with van der Waals surface area (Å²) in [5.41, 5.74) is 5.03. The molecule has 10 heavy (non-hydrogen) atoms. The fraction of sp³-hybridized carbons (Fsp3) is 0.667. The monoisotopic (exact) mass is 163 g/mol. The third-order valence-electron chi connectivity index (χ3n) is 1.50. The smallest absolute Gasteiger partial charge is 0.314 e. The number of primary amides is 1. The van der Waals surface area contributed by atoms with E-state index < -0.39 is 0 Å². The molecule has 0 aromatic rings. The summed E-state index contributed by atoms with van der Waals surface area (Å²) in [5.74, 6) is 0. The molecule has 4 heteroatoms. The van der Waals surface area contributed by atoms with Crippen LogP contribution in [0.2, 0.25) is 0 Å². The highest BCUT2D eigenvalue weighted by molar-refractivity contribution is 5.85. The van der Waals surface area contributed by atoms with Gasteiger partial charge in [-0.1, -0.05) is 0 Å². The summed E-state index contributed by atoms with van der Waals surface area (Å²) in [7, 11) is 0. The van der Waals surface area contributed by atoms with E-state index in [2.05, 4.69) is 6.42 Å². The number of amides is 2. The predicted octanol–water partition coefficient (Wildman–Crippen LogP) is 0.787. The number of nitrogens with two attached hydrogens (primary N) is 1. The van der Waals surface area contributed by atoms with Gasteiger partial charge in [-0.15, -0.1) is 12.4 Å². The van der Waals surface area contributed by atoms with Gasteiger partial charge >= 0.3 is 6.03 Å². The zero-order valence-corrected chi connectivity index (χ0v) is 6.56. The second-order valence-corrected chi connectivity index (χ2v) is 2.22. The van der Waals surface area contributed by atoms with Gasteiger partial charge in [0.05, 0.1) is 0 Å². The molecule has 0 spiro atoms. The number of urea groups is 1. The normalized spacial score (nSPS) is 17.8. The van der Waals surface area contributed by atoms with Crippen LogP contribution in [0.3, 0.4) is 0 Å². The third-order valence-corrected chi connectivity index (χ3v) is 1.50. The number of halogens is 1. The van der Waals surface area contributed by atoms with E-state index in [1.165, 1.54) is 0 Å². The zero-order chi connectivity index (χ0) is 6.69. The first-order chi connectivity index (χ1) is 4.30. The highest BCUT2D eigenvalue weighted by Crippen LogP contribution is 2.05. The lowest BCUT2D eigenvalue weighted by Gasteiger charge is -2.23. The maximum atomic E-state index is 10.5. The maximum Gasteiger partial charge on any atom is 0.314 e. The van der Waals surface area contributed by atoms with Gasteiger partial charge in [0.1, 0.15) is 0 Å². The third kappa shape index (κ3) is 2.43. The number of piperidine rings is 1. The van der Waals surface area contributed by atoms with Crippen molar-refractivity contribution < 1.29 is 4.79 Å². The van der Waals surface area contributed by atoms with Crippen LogP contribution in [0, 0.1) is 6.42 Å². The van der Waals surface area contributed by atoms with Crippen LogP contribution in [-0.2, 0) is 0 Å². The van der Waals surface area contributed by atoms with Gasteiger partial charge in [0, 0.05) is 13.1 Å². The van der Waals surface area contributed by atoms with Gasteiger partial charge in [0.2, 0.25) is 0 Å². The highest BCUT2D eigenvalue weighted by Gasteiger charge is 2.12. The Morgan fingerprint density at radius 1 is 1.60 bits per heavy atom. The molecule has 0 saturated carbocycles. The van der Waals surface area contributed by atoms with Crippen molar-refractivity contribution in [3.63, 3.8) is 0 Å². The van der Waals surface area contributed by atoms with Crippen LogP contribution >= 0.6 is 12.4 Å². The molecule has 0 aromatic heterocycles. The fourth-order valence-corrected chi connectivity index (χ4v) is 0.965. The molecular formula is C6H12ClN2O. The van der Waals surface area contributed by atoms with Gasteiger partial charge in [0.25, 0.3) is 0 Å². The lowest BCUT2D eigenvalue weighted by Crippen LogP contribution is -2.39. The van der Waals surface area contributed by atoms with Crippen molar-refractivity contribution in [2.45, 2.75) is 12.8 Å². The maximum absolute atomic E-state index is 10.5. The number of rotatable bonds is 0. The molecule has 1 saturated heterocycles. The van der Waals surface area contributed by atoms with Crippen molar-refractivity contribution in [2.75, 3.05) is 13.1 Å². The summed E-state index contributed by atoms with van der Waals surface area (Å²) in [6.07, 6.45) is 4.25. The molecule has 2 N–H and O–H groups in total. The number of likely N-dealkylation sites (tertiary alicyclic amines) is 1.